The summed E-state index contributed by atoms with van der Waals surface area (Å²) in [6.07, 6.45) is 0.400. The Bertz CT molecular complexity index is 682. The van der Waals surface area contributed by atoms with Crippen LogP contribution in [0, 0.1) is 0 Å². The Morgan fingerprint density at radius 1 is 1.14 bits per heavy atom. The Kier molecular flexibility index (Phi) is 3.79. The van der Waals surface area contributed by atoms with Crippen molar-refractivity contribution in [1.82, 2.24) is 0 Å². The number of anilines is 2. The zero-order valence-corrected chi connectivity index (χ0v) is 12.9. The number of halogens is 2. The van der Waals surface area contributed by atoms with Gasteiger partial charge in [0.1, 0.15) is 0 Å². The number of nitrogens with one attached hydrogen (secondary N) is 1. The average molecular weight is 321 g/mol. The fraction of sp³-hybridized carbons (Fsp3) is 0.188. The van der Waals surface area contributed by atoms with Crippen LogP contribution in [-0.4, -0.2) is 13.0 Å². The molecule has 5 heteroatoms. The first-order valence-corrected chi connectivity index (χ1v) is 7.38. The van der Waals surface area contributed by atoms with E-state index in [1.165, 1.54) is 0 Å². The molecule has 1 N–H and O–H groups in total. The summed E-state index contributed by atoms with van der Waals surface area (Å²) in [5.41, 5.74) is 2.83. The Hall–Kier alpha value is -1.71. The highest BCUT2D eigenvalue weighted by Gasteiger charge is 2.28. The second-order valence-electron chi connectivity index (χ2n) is 5.07. The van der Waals surface area contributed by atoms with E-state index in [2.05, 4.69) is 5.32 Å². The van der Waals surface area contributed by atoms with Crippen molar-refractivity contribution in [2.75, 3.05) is 17.3 Å². The lowest BCUT2D eigenvalue weighted by Gasteiger charge is -2.32. The normalized spacial score (nSPS) is 17.6. The molecule has 2 aromatic carbocycles. The minimum atomic E-state index is -0.0839. The van der Waals surface area contributed by atoms with E-state index >= 15 is 0 Å². The van der Waals surface area contributed by atoms with Gasteiger partial charge in [-0.2, -0.15) is 0 Å². The first-order chi connectivity index (χ1) is 10.0. The molecule has 1 heterocycles. The van der Waals surface area contributed by atoms with Crippen LogP contribution in [0.4, 0.5) is 11.4 Å². The van der Waals surface area contributed by atoms with E-state index in [1.54, 1.807) is 30.1 Å². The molecule has 0 bridgehead atoms. The lowest BCUT2D eigenvalue weighted by atomic mass is 9.96. The fourth-order valence-electron chi connectivity index (χ4n) is 2.61. The smallest absolute Gasteiger partial charge is 0.229 e. The highest BCUT2D eigenvalue weighted by atomic mass is 35.5. The van der Waals surface area contributed by atoms with Crippen molar-refractivity contribution in [2.45, 2.75) is 12.5 Å². The Labute approximate surface area is 133 Å². The second kappa shape index (κ2) is 5.58. The van der Waals surface area contributed by atoms with Crippen molar-refractivity contribution in [3.05, 3.63) is 58.1 Å². The number of amides is 1. The predicted octanol–water partition coefficient (Wildman–Crippen LogP) is 4.51. The molecule has 0 spiro atoms. The molecule has 0 saturated carbocycles. The summed E-state index contributed by atoms with van der Waals surface area (Å²) in [6.45, 7) is 0. The molecule has 1 aliphatic rings. The highest BCUT2D eigenvalue weighted by Crippen LogP contribution is 2.36. The number of hydrogen-bond donors (Lipinski definition) is 1. The van der Waals surface area contributed by atoms with Crippen molar-refractivity contribution in [3.63, 3.8) is 0 Å². The van der Waals surface area contributed by atoms with Gasteiger partial charge in [-0.25, -0.2) is 0 Å². The first-order valence-electron chi connectivity index (χ1n) is 6.63. The SMILES string of the molecule is CN1C(=O)CC(Nc2cc(Cl)cc(Cl)c2)c2ccccc21. The largest absolute Gasteiger partial charge is 0.378 e. The number of hydrogen-bond acceptors (Lipinski definition) is 2. The summed E-state index contributed by atoms with van der Waals surface area (Å²) in [5, 5.41) is 4.49. The molecule has 0 saturated heterocycles. The molecule has 3 rings (SSSR count). The van der Waals surface area contributed by atoms with Gasteiger partial charge >= 0.3 is 0 Å². The van der Waals surface area contributed by atoms with E-state index in [4.69, 9.17) is 23.2 Å². The quantitative estimate of drug-likeness (QED) is 0.882. The highest BCUT2D eigenvalue weighted by molar-refractivity contribution is 6.35. The molecule has 21 heavy (non-hydrogen) atoms. The van der Waals surface area contributed by atoms with Crippen LogP contribution < -0.4 is 10.2 Å². The molecule has 3 nitrogen and oxygen atoms in total. The average Bonchev–Trinajstić information content (AvgIpc) is 2.43. The standard InChI is InChI=1S/C16H14Cl2N2O/c1-20-15-5-3-2-4-13(15)14(9-16(20)21)19-12-7-10(17)6-11(18)8-12/h2-8,14,19H,9H2,1H3. The number of rotatable bonds is 2. The van der Waals surface area contributed by atoms with Gasteiger partial charge in [0.05, 0.1) is 12.5 Å². The molecule has 0 radical (unpaired) electrons. The number of carbonyl (C=O) groups is 1. The summed E-state index contributed by atoms with van der Waals surface area (Å²) in [4.78, 5) is 13.8. The van der Waals surface area contributed by atoms with Crippen LogP contribution in [-0.2, 0) is 4.79 Å². The lowest BCUT2D eigenvalue weighted by Crippen LogP contribution is -2.35. The summed E-state index contributed by atoms with van der Waals surface area (Å²) in [7, 11) is 1.80. The van der Waals surface area contributed by atoms with E-state index in [0.29, 0.717) is 16.5 Å². The van der Waals surface area contributed by atoms with E-state index in [1.807, 2.05) is 24.3 Å². The van der Waals surface area contributed by atoms with Crippen LogP contribution >= 0.6 is 23.2 Å². The van der Waals surface area contributed by atoms with E-state index in [0.717, 1.165) is 16.9 Å². The van der Waals surface area contributed by atoms with Gasteiger partial charge < -0.3 is 10.2 Å². The van der Waals surface area contributed by atoms with Crippen LogP contribution in [0.25, 0.3) is 0 Å². The fourth-order valence-corrected chi connectivity index (χ4v) is 3.14. The summed E-state index contributed by atoms with van der Waals surface area (Å²) < 4.78 is 0. The first kappa shape index (κ1) is 14.2. The van der Waals surface area contributed by atoms with Crippen molar-refractivity contribution >= 4 is 40.5 Å². The monoisotopic (exact) mass is 320 g/mol. The van der Waals surface area contributed by atoms with E-state index in [9.17, 15) is 4.79 Å². The van der Waals surface area contributed by atoms with Crippen LogP contribution in [0.15, 0.2) is 42.5 Å². The van der Waals surface area contributed by atoms with E-state index < -0.39 is 0 Å². The molecule has 1 unspecified atom stereocenters. The van der Waals surface area contributed by atoms with Gasteiger partial charge in [-0.1, -0.05) is 41.4 Å². The lowest BCUT2D eigenvalue weighted by molar-refractivity contribution is -0.118. The Morgan fingerprint density at radius 2 is 1.81 bits per heavy atom. The third-order valence-corrected chi connectivity index (χ3v) is 4.07. The maximum Gasteiger partial charge on any atom is 0.229 e. The Balaban J connectivity index is 1.95. The maximum atomic E-state index is 12.1. The van der Waals surface area contributed by atoms with Crippen LogP contribution in [0.3, 0.4) is 0 Å². The second-order valence-corrected chi connectivity index (χ2v) is 5.94. The van der Waals surface area contributed by atoms with Crippen LogP contribution in [0.2, 0.25) is 10.0 Å². The Morgan fingerprint density at radius 3 is 2.52 bits per heavy atom. The molecule has 1 atom stereocenters. The molecule has 1 aliphatic heterocycles. The number of nitrogens with zero attached hydrogens (tertiary/aromatic N) is 1. The molecule has 2 aromatic rings. The van der Waals surface area contributed by atoms with Crippen molar-refractivity contribution in [3.8, 4) is 0 Å². The molecule has 108 valence electrons. The van der Waals surface area contributed by atoms with Crippen LogP contribution in [0.1, 0.15) is 18.0 Å². The van der Waals surface area contributed by atoms with E-state index in [-0.39, 0.29) is 11.9 Å². The number of para-hydroxylation sites is 1. The zero-order chi connectivity index (χ0) is 15.0. The van der Waals surface area contributed by atoms with Gasteiger partial charge in [0, 0.05) is 28.5 Å². The van der Waals surface area contributed by atoms with Crippen molar-refractivity contribution in [2.24, 2.45) is 0 Å². The van der Waals surface area contributed by atoms with Gasteiger partial charge in [-0.05, 0) is 29.8 Å². The third-order valence-electron chi connectivity index (χ3n) is 3.63. The molecular weight excluding hydrogens is 307 g/mol. The summed E-state index contributed by atoms with van der Waals surface area (Å²) >= 11 is 12.0. The predicted molar refractivity (Wildman–Crippen MR) is 87.3 cm³/mol. The topological polar surface area (TPSA) is 32.3 Å². The van der Waals surface area contributed by atoms with Gasteiger partial charge in [0.2, 0.25) is 5.91 Å². The maximum absolute atomic E-state index is 12.1. The zero-order valence-electron chi connectivity index (χ0n) is 11.4. The van der Waals surface area contributed by atoms with Crippen molar-refractivity contribution in [1.29, 1.82) is 0 Å². The third kappa shape index (κ3) is 2.85. The molecule has 1 amide bonds. The van der Waals surface area contributed by atoms with Gasteiger partial charge in [-0.15, -0.1) is 0 Å². The number of benzene rings is 2. The van der Waals surface area contributed by atoms with Gasteiger partial charge in [0.25, 0.3) is 0 Å². The van der Waals surface area contributed by atoms with Crippen molar-refractivity contribution < 1.29 is 4.79 Å². The summed E-state index contributed by atoms with van der Waals surface area (Å²) in [5.74, 6) is 0.0827. The van der Waals surface area contributed by atoms with Gasteiger partial charge in [-0.3, -0.25) is 4.79 Å². The molecule has 0 aromatic heterocycles. The number of fused-ring (bicyclic) bond motifs is 1. The summed E-state index contributed by atoms with van der Waals surface area (Å²) in [6, 6.07) is 13.1. The van der Waals surface area contributed by atoms with Crippen LogP contribution in [0.5, 0.6) is 0 Å². The molecule has 0 aliphatic carbocycles. The molecule has 0 fully saturated rings. The molecular formula is C16H14Cl2N2O. The number of carbonyl (C=O) groups excluding carboxylic acids is 1. The minimum absolute atomic E-state index is 0.0827. The minimum Gasteiger partial charge on any atom is -0.378 e. The van der Waals surface area contributed by atoms with Gasteiger partial charge in [0.15, 0.2) is 0 Å².